The van der Waals surface area contributed by atoms with Crippen LogP contribution in [0.25, 0.3) is 0 Å². The van der Waals surface area contributed by atoms with Crippen molar-refractivity contribution < 1.29 is 14.3 Å². The van der Waals surface area contributed by atoms with E-state index in [4.69, 9.17) is 5.11 Å². The lowest BCUT2D eigenvalue weighted by Gasteiger charge is -2.17. The Morgan fingerprint density at radius 3 is 2.59 bits per heavy atom. The third-order valence-electron chi connectivity index (χ3n) is 2.19. The van der Waals surface area contributed by atoms with Crippen LogP contribution in [0.4, 0.5) is 4.39 Å². The van der Waals surface area contributed by atoms with Crippen LogP contribution >= 0.6 is 0 Å². The molecule has 0 saturated carbocycles. The number of rotatable bonds is 3. The summed E-state index contributed by atoms with van der Waals surface area (Å²) in [5.74, 6) is -1.12. The van der Waals surface area contributed by atoms with Gasteiger partial charge in [-0.15, -0.1) is 0 Å². The summed E-state index contributed by atoms with van der Waals surface area (Å²) in [6.45, 7) is 6.21. The average Bonchev–Trinajstić information content (AvgIpc) is 2.17. The zero-order valence-corrected chi connectivity index (χ0v) is 10.4. The third-order valence-corrected chi connectivity index (χ3v) is 2.19. The molecule has 1 amide bonds. The Balaban J connectivity index is 2.50. The molecule has 0 spiro atoms. The number of hydrogen-bond acceptors (Lipinski definition) is 2. The summed E-state index contributed by atoms with van der Waals surface area (Å²) < 4.78 is 13.0. The number of phenols is 1. The maximum atomic E-state index is 13.0. The Bertz CT molecular complexity index is 410. The van der Waals surface area contributed by atoms with Gasteiger partial charge in [-0.1, -0.05) is 26.8 Å². The van der Waals surface area contributed by atoms with E-state index >= 15 is 0 Å². The summed E-state index contributed by atoms with van der Waals surface area (Å²) in [5.41, 5.74) is 0.562. The number of hydrogen-bond donors (Lipinski definition) is 2. The minimum atomic E-state index is -0.674. The summed E-state index contributed by atoms with van der Waals surface area (Å²) in [7, 11) is 0. The molecule has 0 aliphatic heterocycles. The molecule has 1 rings (SSSR count). The summed E-state index contributed by atoms with van der Waals surface area (Å²) in [6.07, 6.45) is 0.424. The van der Waals surface area contributed by atoms with Crippen LogP contribution in [-0.2, 0) is 11.3 Å². The molecular weight excluding hydrogens is 221 g/mol. The maximum Gasteiger partial charge on any atom is 0.220 e. The van der Waals surface area contributed by atoms with Crippen molar-refractivity contribution in [3.8, 4) is 5.75 Å². The van der Waals surface area contributed by atoms with E-state index in [0.717, 1.165) is 0 Å². The van der Waals surface area contributed by atoms with Crippen molar-refractivity contribution in [2.45, 2.75) is 33.7 Å². The molecule has 2 N–H and O–H groups in total. The van der Waals surface area contributed by atoms with E-state index in [0.29, 0.717) is 12.0 Å². The largest absolute Gasteiger partial charge is 0.505 e. The predicted octanol–water partition coefficient (Wildman–Crippen LogP) is 2.58. The van der Waals surface area contributed by atoms with Crippen LogP contribution in [0.5, 0.6) is 5.75 Å². The van der Waals surface area contributed by atoms with Gasteiger partial charge in [-0.2, -0.15) is 0 Å². The molecule has 0 radical (unpaired) electrons. The Kier molecular flexibility index (Phi) is 4.10. The number of carbonyl (C=O) groups excluding carboxylic acids is 1. The summed E-state index contributed by atoms with van der Waals surface area (Å²) in [5, 5.41) is 11.7. The molecule has 0 aliphatic carbocycles. The Morgan fingerprint density at radius 1 is 1.41 bits per heavy atom. The molecule has 94 valence electrons. The first-order valence-electron chi connectivity index (χ1n) is 5.52. The fraction of sp³-hybridized carbons (Fsp3) is 0.462. The van der Waals surface area contributed by atoms with E-state index in [-0.39, 0.29) is 23.6 Å². The van der Waals surface area contributed by atoms with Gasteiger partial charge in [0.05, 0.1) is 0 Å². The summed E-state index contributed by atoms with van der Waals surface area (Å²) >= 11 is 0. The lowest BCUT2D eigenvalue weighted by molar-refractivity contribution is -0.122. The van der Waals surface area contributed by atoms with Crippen molar-refractivity contribution in [2.75, 3.05) is 0 Å². The van der Waals surface area contributed by atoms with Crippen molar-refractivity contribution >= 4 is 5.91 Å². The van der Waals surface area contributed by atoms with Gasteiger partial charge in [-0.3, -0.25) is 4.79 Å². The van der Waals surface area contributed by atoms with E-state index in [1.807, 2.05) is 20.8 Å². The van der Waals surface area contributed by atoms with E-state index < -0.39 is 5.82 Å². The molecule has 1 aromatic rings. The molecular formula is C13H18FNO2. The zero-order chi connectivity index (χ0) is 13.1. The van der Waals surface area contributed by atoms with Crippen molar-refractivity contribution in [2.24, 2.45) is 5.41 Å². The first-order chi connectivity index (χ1) is 7.78. The summed E-state index contributed by atoms with van der Waals surface area (Å²) in [6, 6.07) is 4.07. The number of phenolic OH excluding ortho intramolecular Hbond substituents is 1. The van der Waals surface area contributed by atoms with E-state index in [2.05, 4.69) is 5.32 Å². The van der Waals surface area contributed by atoms with E-state index in [1.54, 1.807) is 6.07 Å². The fourth-order valence-electron chi connectivity index (χ4n) is 1.41. The molecule has 0 unspecified atom stereocenters. The van der Waals surface area contributed by atoms with Gasteiger partial charge in [-0.25, -0.2) is 4.39 Å². The Labute approximate surface area is 101 Å². The normalized spacial score (nSPS) is 11.3. The highest BCUT2D eigenvalue weighted by molar-refractivity contribution is 5.76. The van der Waals surface area contributed by atoms with Crippen LogP contribution < -0.4 is 5.32 Å². The van der Waals surface area contributed by atoms with Crippen molar-refractivity contribution in [3.05, 3.63) is 29.6 Å². The highest BCUT2D eigenvalue weighted by Crippen LogP contribution is 2.18. The first kappa shape index (κ1) is 13.5. The minimum Gasteiger partial charge on any atom is -0.505 e. The molecule has 0 aromatic heterocycles. The lowest BCUT2D eigenvalue weighted by atomic mass is 9.92. The number of benzene rings is 1. The number of carbonyl (C=O) groups is 1. The predicted molar refractivity (Wildman–Crippen MR) is 64.0 cm³/mol. The number of nitrogens with one attached hydrogen (secondary N) is 1. The van der Waals surface area contributed by atoms with Crippen molar-refractivity contribution in [3.63, 3.8) is 0 Å². The highest BCUT2D eigenvalue weighted by Gasteiger charge is 2.15. The van der Waals surface area contributed by atoms with Gasteiger partial charge >= 0.3 is 0 Å². The SMILES string of the molecule is CC(C)(C)CC(=O)NCc1ccc(O)c(F)c1. The quantitative estimate of drug-likeness (QED) is 0.851. The van der Waals surface area contributed by atoms with Gasteiger partial charge in [0, 0.05) is 13.0 Å². The molecule has 0 saturated heterocycles. The second-order valence-electron chi connectivity index (χ2n) is 5.30. The molecule has 0 atom stereocenters. The van der Waals surface area contributed by atoms with Crippen LogP contribution in [0.2, 0.25) is 0 Å². The van der Waals surface area contributed by atoms with E-state index in [1.165, 1.54) is 12.1 Å². The Morgan fingerprint density at radius 2 is 2.06 bits per heavy atom. The second kappa shape index (κ2) is 5.17. The monoisotopic (exact) mass is 239 g/mol. The Hall–Kier alpha value is -1.58. The highest BCUT2D eigenvalue weighted by atomic mass is 19.1. The summed E-state index contributed by atoms with van der Waals surface area (Å²) in [4.78, 5) is 11.5. The molecule has 3 nitrogen and oxygen atoms in total. The van der Waals surface area contributed by atoms with Gasteiger partial charge in [0.25, 0.3) is 0 Å². The minimum absolute atomic E-state index is 0.0639. The number of aromatic hydroxyl groups is 1. The van der Waals surface area contributed by atoms with Gasteiger partial charge in [0.2, 0.25) is 5.91 Å². The maximum absolute atomic E-state index is 13.0. The van der Waals surface area contributed by atoms with Crippen LogP contribution in [0.3, 0.4) is 0 Å². The lowest BCUT2D eigenvalue weighted by Crippen LogP contribution is -2.27. The van der Waals surface area contributed by atoms with Crippen LogP contribution in [0.1, 0.15) is 32.8 Å². The van der Waals surface area contributed by atoms with Gasteiger partial charge < -0.3 is 10.4 Å². The number of halogens is 1. The first-order valence-corrected chi connectivity index (χ1v) is 5.52. The molecule has 4 heteroatoms. The van der Waals surface area contributed by atoms with Gasteiger partial charge in [-0.05, 0) is 23.1 Å². The second-order valence-corrected chi connectivity index (χ2v) is 5.30. The number of amides is 1. The molecule has 1 aromatic carbocycles. The van der Waals surface area contributed by atoms with Crippen LogP contribution in [0, 0.1) is 11.2 Å². The smallest absolute Gasteiger partial charge is 0.220 e. The van der Waals surface area contributed by atoms with E-state index in [9.17, 15) is 9.18 Å². The van der Waals surface area contributed by atoms with Crippen molar-refractivity contribution in [1.82, 2.24) is 5.32 Å². The van der Waals surface area contributed by atoms with Crippen LogP contribution in [-0.4, -0.2) is 11.0 Å². The van der Waals surface area contributed by atoms with Crippen LogP contribution in [0.15, 0.2) is 18.2 Å². The molecule has 0 bridgehead atoms. The third kappa shape index (κ3) is 4.85. The van der Waals surface area contributed by atoms with Gasteiger partial charge in [0.15, 0.2) is 11.6 Å². The topological polar surface area (TPSA) is 49.3 Å². The van der Waals surface area contributed by atoms with Gasteiger partial charge in [0.1, 0.15) is 0 Å². The average molecular weight is 239 g/mol. The van der Waals surface area contributed by atoms with Crippen molar-refractivity contribution in [1.29, 1.82) is 0 Å². The standard InChI is InChI=1S/C13H18FNO2/c1-13(2,3)7-12(17)15-8-9-4-5-11(16)10(14)6-9/h4-6,16H,7-8H2,1-3H3,(H,15,17). The zero-order valence-electron chi connectivity index (χ0n) is 10.4. The molecule has 0 fully saturated rings. The fourth-order valence-corrected chi connectivity index (χ4v) is 1.41. The molecule has 0 heterocycles. The molecule has 17 heavy (non-hydrogen) atoms. The molecule has 0 aliphatic rings.